The first-order valence-corrected chi connectivity index (χ1v) is 17.6. The van der Waals surface area contributed by atoms with Gasteiger partial charge in [-0.3, -0.25) is 19.3 Å². The minimum Gasteiger partial charge on any atom is -0.463 e. The van der Waals surface area contributed by atoms with E-state index in [1.54, 1.807) is 0 Å². The quantitative estimate of drug-likeness (QED) is 0.232. The van der Waals surface area contributed by atoms with Crippen LogP contribution in [0.15, 0.2) is 60.7 Å². The molecule has 4 aliphatic heterocycles. The molecule has 4 fully saturated rings. The summed E-state index contributed by atoms with van der Waals surface area (Å²) in [6.07, 6.45) is -7.55. The maximum Gasteiger partial charge on any atom is 0.303 e. The molecule has 0 radical (unpaired) electrons. The predicted molar refractivity (Wildman–Crippen MR) is 181 cm³/mol. The third-order valence-electron chi connectivity index (χ3n) is 9.22. The Bertz CT molecular complexity index is 1500. The summed E-state index contributed by atoms with van der Waals surface area (Å²) >= 11 is 0. The number of hydrogen-bond donors (Lipinski definition) is 0. The Morgan fingerprint density at radius 3 is 1.75 bits per heavy atom. The molecule has 284 valence electrons. The van der Waals surface area contributed by atoms with Crippen molar-refractivity contribution >= 4 is 17.9 Å². The summed E-state index contributed by atoms with van der Waals surface area (Å²) < 4.78 is 61.8. The normalized spacial score (nSPS) is 33.2. The van der Waals surface area contributed by atoms with Gasteiger partial charge < -0.3 is 47.4 Å². The lowest BCUT2D eigenvalue weighted by atomic mass is 9.93. The maximum absolute atomic E-state index is 12.8. The molecule has 0 bridgehead atoms. The Morgan fingerprint density at radius 1 is 0.635 bits per heavy atom. The molecule has 4 aliphatic rings. The molecule has 0 aliphatic carbocycles. The lowest BCUT2D eigenvalue weighted by Crippen LogP contribution is -2.67. The van der Waals surface area contributed by atoms with Gasteiger partial charge in [0.25, 0.3) is 0 Å². The second kappa shape index (κ2) is 15.9. The highest BCUT2D eigenvalue weighted by Gasteiger charge is 2.61. The molecule has 0 aromatic heterocycles. The Hall–Kier alpha value is -3.47. The van der Waals surface area contributed by atoms with Crippen molar-refractivity contribution in [3.05, 3.63) is 71.8 Å². The van der Waals surface area contributed by atoms with Gasteiger partial charge in [-0.15, -0.1) is 0 Å². The summed E-state index contributed by atoms with van der Waals surface area (Å²) in [5.41, 5.74) is 1.93. The van der Waals surface area contributed by atoms with Gasteiger partial charge in [0.15, 0.2) is 36.4 Å². The molecule has 14 heteroatoms. The summed E-state index contributed by atoms with van der Waals surface area (Å²) in [5.74, 6) is -3.65. The lowest BCUT2D eigenvalue weighted by Gasteiger charge is -2.49. The van der Waals surface area contributed by atoms with E-state index in [-0.39, 0.29) is 13.2 Å². The number of fused-ring (bicyclic) bond motifs is 3. The largest absolute Gasteiger partial charge is 0.463 e. The van der Waals surface area contributed by atoms with E-state index in [0.29, 0.717) is 13.1 Å². The van der Waals surface area contributed by atoms with Crippen molar-refractivity contribution in [3.63, 3.8) is 0 Å². The zero-order chi connectivity index (χ0) is 37.2. The molecule has 2 aromatic carbocycles. The van der Waals surface area contributed by atoms with Gasteiger partial charge in [-0.1, -0.05) is 60.7 Å². The van der Waals surface area contributed by atoms with Crippen molar-refractivity contribution in [1.29, 1.82) is 0 Å². The van der Waals surface area contributed by atoms with Crippen LogP contribution >= 0.6 is 0 Å². The number of rotatable bonds is 12. The molecule has 10 atom stereocenters. The standard InChI is InChI=1S/C38H49NO13/c1-22(40)43-20-27-30(45-23(2)41)32(46-24(3)42)29(39(18-25-14-10-8-11-15-25)19-26-16-12-9-13-17-26)35(47-27)44-21-28-31-33(50-37(4,5)49-31)34-36(48-28)52-38(6,7)51-34/h8-17,27-36H,18-21H2,1-7H3/t27-,28-,29-,30-,31+,32-,33+,34-,35-,36-/m1/s1. The minimum atomic E-state index is -1.16. The minimum absolute atomic E-state index is 0.0649. The molecular formula is C38H49NO13. The van der Waals surface area contributed by atoms with E-state index in [0.717, 1.165) is 11.1 Å². The SMILES string of the molecule is CC(=O)OC[C@H]1O[C@@H](OC[C@H]2O[C@@H]3OC(C)(C)O[C@@H]3[C@H]3OC(C)(C)O[C@H]32)[C@H](N(Cc2ccccc2)Cc2ccccc2)[C@@H](OC(C)=O)[C@@H]1OC(C)=O. The van der Waals surface area contributed by atoms with Crippen LogP contribution in [0.2, 0.25) is 0 Å². The topological polar surface area (TPSA) is 147 Å². The summed E-state index contributed by atoms with van der Waals surface area (Å²) in [7, 11) is 0. The van der Waals surface area contributed by atoms with Crippen molar-refractivity contribution in [2.24, 2.45) is 0 Å². The van der Waals surface area contributed by atoms with Crippen LogP contribution in [0.25, 0.3) is 0 Å². The monoisotopic (exact) mass is 727 g/mol. The molecule has 52 heavy (non-hydrogen) atoms. The van der Waals surface area contributed by atoms with E-state index in [1.165, 1.54) is 20.8 Å². The zero-order valence-corrected chi connectivity index (χ0v) is 30.6. The van der Waals surface area contributed by atoms with E-state index in [4.69, 9.17) is 47.4 Å². The molecular weight excluding hydrogens is 678 g/mol. The second-order valence-corrected chi connectivity index (χ2v) is 14.4. The number of benzene rings is 2. The smallest absolute Gasteiger partial charge is 0.303 e. The Kier molecular flexibility index (Phi) is 11.7. The third kappa shape index (κ3) is 9.18. The first kappa shape index (κ1) is 38.3. The number of hydrogen-bond acceptors (Lipinski definition) is 14. The Labute approximate surface area is 303 Å². The van der Waals surface area contributed by atoms with Gasteiger partial charge in [-0.05, 0) is 38.8 Å². The van der Waals surface area contributed by atoms with Gasteiger partial charge in [0.1, 0.15) is 43.2 Å². The van der Waals surface area contributed by atoms with Gasteiger partial charge in [0.05, 0.1) is 6.61 Å². The zero-order valence-electron chi connectivity index (χ0n) is 30.6. The fraction of sp³-hybridized carbons (Fsp3) is 0.605. The average molecular weight is 728 g/mol. The first-order valence-electron chi connectivity index (χ1n) is 17.6. The van der Waals surface area contributed by atoms with Crippen molar-refractivity contribution in [2.75, 3.05) is 13.2 Å². The summed E-state index contributed by atoms with van der Waals surface area (Å²) in [4.78, 5) is 39.4. The van der Waals surface area contributed by atoms with Crippen LogP contribution in [0.4, 0.5) is 0 Å². The van der Waals surface area contributed by atoms with Crippen molar-refractivity contribution in [3.8, 4) is 0 Å². The fourth-order valence-electron chi connectivity index (χ4n) is 7.33. The lowest BCUT2D eigenvalue weighted by molar-refractivity contribution is -0.309. The Morgan fingerprint density at radius 2 is 1.17 bits per heavy atom. The third-order valence-corrected chi connectivity index (χ3v) is 9.22. The van der Waals surface area contributed by atoms with Crippen LogP contribution < -0.4 is 0 Å². The molecule has 14 nitrogen and oxygen atoms in total. The molecule has 4 heterocycles. The van der Waals surface area contributed by atoms with Gasteiger partial charge in [-0.25, -0.2) is 0 Å². The summed E-state index contributed by atoms with van der Waals surface area (Å²) in [6.45, 7) is 11.4. The fourth-order valence-corrected chi connectivity index (χ4v) is 7.33. The predicted octanol–water partition coefficient (Wildman–Crippen LogP) is 3.62. The molecule has 0 unspecified atom stereocenters. The number of carbonyl (C=O) groups excluding carboxylic acids is 3. The van der Waals surface area contributed by atoms with Gasteiger partial charge >= 0.3 is 17.9 Å². The van der Waals surface area contributed by atoms with Gasteiger partial charge in [0.2, 0.25) is 0 Å². The van der Waals surface area contributed by atoms with Crippen LogP contribution in [0, 0.1) is 0 Å². The van der Waals surface area contributed by atoms with Crippen LogP contribution in [0.5, 0.6) is 0 Å². The number of carbonyl (C=O) groups is 3. The van der Waals surface area contributed by atoms with Crippen molar-refractivity contribution in [1.82, 2.24) is 4.90 Å². The van der Waals surface area contributed by atoms with Crippen molar-refractivity contribution < 1.29 is 61.8 Å². The molecule has 4 saturated heterocycles. The highest BCUT2D eigenvalue weighted by molar-refractivity contribution is 5.68. The number of nitrogens with zero attached hydrogens (tertiary/aromatic N) is 1. The highest BCUT2D eigenvalue weighted by Crippen LogP contribution is 2.44. The summed E-state index contributed by atoms with van der Waals surface area (Å²) in [5, 5.41) is 0. The van der Waals surface area contributed by atoms with Crippen molar-refractivity contribution in [2.45, 2.75) is 134 Å². The van der Waals surface area contributed by atoms with Gasteiger partial charge in [0, 0.05) is 33.9 Å². The maximum atomic E-state index is 12.8. The highest BCUT2D eigenvalue weighted by atomic mass is 16.9. The molecule has 0 N–H and O–H groups in total. The molecule has 0 spiro atoms. The van der Waals surface area contributed by atoms with E-state index in [1.807, 2.05) is 88.4 Å². The van der Waals surface area contributed by atoms with Crippen LogP contribution in [-0.4, -0.2) is 109 Å². The Balaban J connectivity index is 1.38. The van der Waals surface area contributed by atoms with Crippen LogP contribution in [0.3, 0.4) is 0 Å². The van der Waals surface area contributed by atoms with E-state index >= 15 is 0 Å². The molecule has 0 saturated carbocycles. The molecule has 2 aromatic rings. The second-order valence-electron chi connectivity index (χ2n) is 14.4. The van der Waals surface area contributed by atoms with Crippen LogP contribution in [0.1, 0.15) is 59.6 Å². The number of esters is 3. The molecule has 6 rings (SSSR count). The first-order chi connectivity index (χ1) is 24.7. The van der Waals surface area contributed by atoms with E-state index < -0.39 is 90.8 Å². The number of ether oxygens (including phenoxy) is 10. The van der Waals surface area contributed by atoms with E-state index in [9.17, 15) is 14.4 Å². The molecule has 0 amide bonds. The average Bonchev–Trinajstić information content (AvgIpc) is 3.57. The summed E-state index contributed by atoms with van der Waals surface area (Å²) in [6, 6.07) is 18.7. The van der Waals surface area contributed by atoms with Gasteiger partial charge in [-0.2, -0.15) is 0 Å². The van der Waals surface area contributed by atoms with E-state index in [2.05, 4.69) is 4.90 Å². The van der Waals surface area contributed by atoms with Crippen LogP contribution in [-0.2, 0) is 74.8 Å².